The number of aliphatic carboxylic acids is 1. The molecule has 0 aliphatic carbocycles. The fraction of sp³-hybridized carbons (Fsp3) is 0.185. The summed E-state index contributed by atoms with van der Waals surface area (Å²) in [5, 5.41) is 20.7. The van der Waals surface area contributed by atoms with Crippen LogP contribution in [0.4, 0.5) is 10.1 Å². The van der Waals surface area contributed by atoms with E-state index in [4.69, 9.17) is 4.99 Å². The van der Waals surface area contributed by atoms with Gasteiger partial charge in [0.1, 0.15) is 5.82 Å². The number of H-pyrrole nitrogens is 1. The fourth-order valence-electron chi connectivity index (χ4n) is 4.03. The largest absolute Gasteiger partial charge is 0.494 e. The lowest BCUT2D eigenvalue weighted by molar-refractivity contribution is -0.136. The molecule has 34 heavy (non-hydrogen) atoms. The van der Waals surface area contributed by atoms with E-state index in [0.29, 0.717) is 39.8 Å². The number of aromatic hydroxyl groups is 1. The van der Waals surface area contributed by atoms with Gasteiger partial charge in [-0.3, -0.25) is 4.79 Å². The molecule has 0 spiro atoms. The molecule has 0 amide bonds. The van der Waals surface area contributed by atoms with E-state index in [-0.39, 0.29) is 12.3 Å². The number of aryl methyl sites for hydroxylation is 1. The molecule has 174 valence electrons. The fourth-order valence-corrected chi connectivity index (χ4v) is 4.03. The van der Waals surface area contributed by atoms with E-state index in [2.05, 4.69) is 9.88 Å². The molecule has 0 bridgehead atoms. The van der Waals surface area contributed by atoms with Crippen LogP contribution in [0.2, 0.25) is 0 Å². The van der Waals surface area contributed by atoms with Crippen molar-refractivity contribution < 1.29 is 19.4 Å². The van der Waals surface area contributed by atoms with E-state index in [0.717, 1.165) is 17.7 Å². The van der Waals surface area contributed by atoms with Gasteiger partial charge in [-0.25, -0.2) is 9.38 Å². The van der Waals surface area contributed by atoms with Crippen molar-refractivity contribution in [2.45, 2.75) is 19.4 Å². The van der Waals surface area contributed by atoms with Crippen LogP contribution in [0.1, 0.15) is 28.7 Å². The number of nitrogens with zero attached hydrogens (tertiary/aromatic N) is 2. The predicted octanol–water partition coefficient (Wildman–Crippen LogP) is 5.26. The molecule has 4 rings (SSSR count). The highest BCUT2D eigenvalue weighted by molar-refractivity contribution is 6.22. The molecular formula is C27H26FN3O3. The summed E-state index contributed by atoms with van der Waals surface area (Å²) in [7, 11) is 4.00. The highest BCUT2D eigenvalue weighted by atomic mass is 19.1. The maximum atomic E-state index is 13.8. The monoisotopic (exact) mass is 459 g/mol. The van der Waals surface area contributed by atoms with Gasteiger partial charge >= 0.3 is 5.97 Å². The summed E-state index contributed by atoms with van der Waals surface area (Å²) in [4.78, 5) is 21.0. The van der Waals surface area contributed by atoms with Crippen LogP contribution in [0.5, 0.6) is 5.88 Å². The average molecular weight is 460 g/mol. The van der Waals surface area contributed by atoms with Crippen LogP contribution in [0.15, 0.2) is 71.7 Å². The number of carboxylic acid groups (broad SMARTS) is 1. The van der Waals surface area contributed by atoms with E-state index in [1.165, 1.54) is 12.1 Å². The number of rotatable bonds is 8. The minimum atomic E-state index is -0.893. The molecule has 3 N–H and O–H groups in total. The molecule has 0 unspecified atom stereocenters. The molecule has 0 saturated carbocycles. The van der Waals surface area contributed by atoms with Crippen molar-refractivity contribution in [3.05, 3.63) is 94.8 Å². The van der Waals surface area contributed by atoms with Gasteiger partial charge in [-0.05, 0) is 62.0 Å². The van der Waals surface area contributed by atoms with Crippen LogP contribution < -0.4 is 0 Å². The quantitative estimate of drug-likeness (QED) is 0.314. The number of nitrogens with one attached hydrogen (secondary N) is 1. The van der Waals surface area contributed by atoms with Crippen molar-refractivity contribution in [1.29, 1.82) is 0 Å². The lowest BCUT2D eigenvalue weighted by atomic mass is 9.94. The summed E-state index contributed by atoms with van der Waals surface area (Å²) in [5.41, 5.74) is 4.70. The number of hydrogen-bond acceptors (Lipinski definition) is 4. The zero-order valence-corrected chi connectivity index (χ0v) is 19.0. The van der Waals surface area contributed by atoms with Gasteiger partial charge in [-0.15, -0.1) is 0 Å². The van der Waals surface area contributed by atoms with Crippen LogP contribution >= 0.6 is 0 Å². The lowest BCUT2D eigenvalue weighted by Crippen LogP contribution is -2.10. The van der Waals surface area contributed by atoms with Gasteiger partial charge in [0.25, 0.3) is 0 Å². The molecule has 1 aromatic heterocycles. The molecule has 7 heteroatoms. The highest BCUT2D eigenvalue weighted by Crippen LogP contribution is 2.33. The first-order valence-electron chi connectivity index (χ1n) is 10.9. The van der Waals surface area contributed by atoms with E-state index >= 15 is 0 Å². The number of benzene rings is 3. The van der Waals surface area contributed by atoms with Crippen LogP contribution in [0.3, 0.4) is 0 Å². The zero-order valence-electron chi connectivity index (χ0n) is 19.0. The van der Waals surface area contributed by atoms with Gasteiger partial charge in [-0.1, -0.05) is 36.4 Å². The molecule has 0 atom stereocenters. The van der Waals surface area contributed by atoms with E-state index < -0.39 is 11.8 Å². The van der Waals surface area contributed by atoms with E-state index in [9.17, 15) is 19.4 Å². The van der Waals surface area contributed by atoms with Gasteiger partial charge in [0.2, 0.25) is 0 Å². The van der Waals surface area contributed by atoms with Crippen molar-refractivity contribution >= 4 is 28.3 Å². The van der Waals surface area contributed by atoms with Crippen molar-refractivity contribution in [2.75, 3.05) is 14.1 Å². The third-order valence-corrected chi connectivity index (χ3v) is 5.53. The first-order valence-corrected chi connectivity index (χ1v) is 10.9. The summed E-state index contributed by atoms with van der Waals surface area (Å²) in [6.07, 6.45) is 0.276. The molecule has 0 aliphatic rings. The first-order chi connectivity index (χ1) is 16.3. The third kappa shape index (κ3) is 5.15. The number of carbonyl (C=O) groups is 1. The first kappa shape index (κ1) is 23.2. The van der Waals surface area contributed by atoms with Crippen LogP contribution in [-0.4, -0.2) is 45.9 Å². The Labute approximate surface area is 197 Å². The second kappa shape index (κ2) is 9.89. The Morgan fingerprint density at radius 2 is 1.79 bits per heavy atom. The van der Waals surface area contributed by atoms with Crippen molar-refractivity contribution in [1.82, 2.24) is 9.88 Å². The van der Waals surface area contributed by atoms with E-state index in [1.807, 2.05) is 62.6 Å². The topological polar surface area (TPSA) is 88.9 Å². The average Bonchev–Trinajstić information content (AvgIpc) is 3.11. The number of fused-ring (bicyclic) bond motifs is 1. The van der Waals surface area contributed by atoms with Crippen LogP contribution in [0, 0.1) is 5.82 Å². The Morgan fingerprint density at radius 3 is 2.50 bits per heavy atom. The zero-order chi connectivity index (χ0) is 24.2. The van der Waals surface area contributed by atoms with Crippen molar-refractivity contribution in [3.8, 4) is 5.88 Å². The van der Waals surface area contributed by atoms with Crippen molar-refractivity contribution in [3.63, 3.8) is 0 Å². The molecule has 0 saturated heterocycles. The maximum Gasteiger partial charge on any atom is 0.303 e. The Morgan fingerprint density at radius 1 is 1.06 bits per heavy atom. The second-order valence-corrected chi connectivity index (χ2v) is 8.45. The molecule has 6 nitrogen and oxygen atoms in total. The lowest BCUT2D eigenvalue weighted by Gasteiger charge is -2.13. The third-order valence-electron chi connectivity index (χ3n) is 5.53. The minimum Gasteiger partial charge on any atom is -0.494 e. The standard InChI is InChI=1S/C27H26FN3O3/c1-31(2)16-17-7-11-20(12-8-17)29-26(21-6-4-3-5-18(21)9-14-24(32)33)25-22-13-10-19(28)15-23(22)30-27(25)34/h3-8,10-13,15,30,34H,9,14,16H2,1-2H3,(H,32,33). The van der Waals surface area contributed by atoms with Gasteiger partial charge in [0.05, 0.1) is 22.5 Å². The molecule has 0 aliphatic heterocycles. The maximum absolute atomic E-state index is 13.8. The summed E-state index contributed by atoms with van der Waals surface area (Å²) < 4.78 is 13.8. The molecule has 4 aromatic rings. The molecule has 1 heterocycles. The smallest absolute Gasteiger partial charge is 0.303 e. The predicted molar refractivity (Wildman–Crippen MR) is 131 cm³/mol. The molecule has 0 fully saturated rings. The van der Waals surface area contributed by atoms with Gasteiger partial charge in [0, 0.05) is 23.9 Å². The second-order valence-electron chi connectivity index (χ2n) is 8.45. The Kier molecular flexibility index (Phi) is 6.75. The Bertz CT molecular complexity index is 1360. The highest BCUT2D eigenvalue weighted by Gasteiger charge is 2.21. The molecular weight excluding hydrogens is 433 g/mol. The SMILES string of the molecule is CN(C)Cc1ccc(N=C(c2ccccc2CCC(=O)O)c2c(O)[nH]c3cc(F)ccc23)cc1. The van der Waals surface area contributed by atoms with Gasteiger partial charge in [0.15, 0.2) is 5.88 Å². The summed E-state index contributed by atoms with van der Waals surface area (Å²) in [6.45, 7) is 0.795. The summed E-state index contributed by atoms with van der Waals surface area (Å²) in [5.74, 6) is -1.44. The number of aromatic amines is 1. The van der Waals surface area contributed by atoms with Crippen LogP contribution in [-0.2, 0) is 17.8 Å². The normalized spacial score (nSPS) is 11.9. The number of carboxylic acids is 1. The van der Waals surface area contributed by atoms with Gasteiger partial charge < -0.3 is 20.1 Å². The molecule has 3 aromatic carbocycles. The van der Waals surface area contributed by atoms with E-state index in [1.54, 1.807) is 6.07 Å². The Balaban J connectivity index is 1.89. The van der Waals surface area contributed by atoms with Gasteiger partial charge in [-0.2, -0.15) is 0 Å². The minimum absolute atomic E-state index is 0.0331. The number of hydrogen-bond donors (Lipinski definition) is 3. The Hall–Kier alpha value is -3.97. The number of halogens is 1. The summed E-state index contributed by atoms with van der Waals surface area (Å²) in [6, 6.07) is 19.5. The summed E-state index contributed by atoms with van der Waals surface area (Å²) >= 11 is 0. The van der Waals surface area contributed by atoms with Crippen LogP contribution in [0.25, 0.3) is 10.9 Å². The number of aliphatic imine (C=N–C) groups is 1. The number of aromatic nitrogens is 1. The van der Waals surface area contributed by atoms with Crippen molar-refractivity contribution in [2.24, 2.45) is 4.99 Å². The molecule has 0 radical (unpaired) electrons.